The maximum Gasteiger partial charge on any atom is 0.0636 e. The average Bonchev–Trinajstić information content (AvgIpc) is 2.29. The fraction of sp³-hybridized carbons (Fsp3) is 0.571. The number of aryl methyl sites for hydroxylation is 1. The monoisotopic (exact) mass is 219 g/mol. The summed E-state index contributed by atoms with van der Waals surface area (Å²) < 4.78 is 0. The topological polar surface area (TPSA) is 32.3 Å². The molecule has 2 nitrogen and oxygen atoms in total. The van der Waals surface area contributed by atoms with E-state index in [9.17, 15) is 5.11 Å². The lowest BCUT2D eigenvalue weighted by atomic mass is 9.83. The molecule has 16 heavy (non-hydrogen) atoms. The van der Waals surface area contributed by atoms with Crippen LogP contribution >= 0.6 is 0 Å². The molecule has 1 aromatic rings. The number of aliphatic hydroxyl groups is 1. The fourth-order valence-electron chi connectivity index (χ4n) is 2.53. The van der Waals surface area contributed by atoms with E-state index < -0.39 is 0 Å². The van der Waals surface area contributed by atoms with Crippen LogP contribution in [0.15, 0.2) is 24.3 Å². The van der Waals surface area contributed by atoms with E-state index in [1.807, 2.05) is 6.92 Å². The maximum absolute atomic E-state index is 9.21. The van der Waals surface area contributed by atoms with Crippen LogP contribution < -0.4 is 5.32 Å². The minimum Gasteiger partial charge on any atom is -0.392 e. The van der Waals surface area contributed by atoms with Gasteiger partial charge in [-0.15, -0.1) is 0 Å². The van der Waals surface area contributed by atoms with E-state index in [0.29, 0.717) is 12.5 Å². The average molecular weight is 219 g/mol. The molecule has 2 N–H and O–H groups in total. The van der Waals surface area contributed by atoms with Gasteiger partial charge >= 0.3 is 0 Å². The Morgan fingerprint density at radius 2 is 2.25 bits per heavy atom. The standard InChI is InChI=1S/C14H21NO/c1-11(16)9-15-10-13-7-4-6-12-5-2-3-8-14(12)13/h2-3,5,8,11,13,15-16H,4,6-7,9-10H2,1H3. The number of fused-ring (bicyclic) bond motifs is 1. The van der Waals surface area contributed by atoms with Gasteiger partial charge in [-0.25, -0.2) is 0 Å². The molecule has 1 aliphatic rings. The molecule has 0 aromatic heterocycles. The Hall–Kier alpha value is -0.860. The summed E-state index contributed by atoms with van der Waals surface area (Å²) in [6.45, 7) is 3.50. The first-order valence-electron chi connectivity index (χ1n) is 6.24. The number of rotatable bonds is 4. The third-order valence-electron chi connectivity index (χ3n) is 3.32. The van der Waals surface area contributed by atoms with Crippen LogP contribution in [-0.4, -0.2) is 24.3 Å². The highest BCUT2D eigenvalue weighted by atomic mass is 16.3. The van der Waals surface area contributed by atoms with Crippen molar-refractivity contribution in [3.05, 3.63) is 35.4 Å². The molecule has 0 saturated carbocycles. The molecule has 2 unspecified atom stereocenters. The van der Waals surface area contributed by atoms with Gasteiger partial charge in [-0.05, 0) is 43.2 Å². The summed E-state index contributed by atoms with van der Waals surface area (Å²) >= 11 is 0. The zero-order valence-electron chi connectivity index (χ0n) is 9.95. The Bertz CT molecular complexity index is 335. The van der Waals surface area contributed by atoms with E-state index in [4.69, 9.17) is 0 Å². The normalized spacial score (nSPS) is 21.5. The van der Waals surface area contributed by atoms with Crippen LogP contribution in [0.4, 0.5) is 0 Å². The van der Waals surface area contributed by atoms with E-state index in [-0.39, 0.29) is 6.10 Å². The second-order valence-corrected chi connectivity index (χ2v) is 4.80. The highest BCUT2D eigenvalue weighted by molar-refractivity contribution is 5.32. The Morgan fingerprint density at radius 1 is 1.44 bits per heavy atom. The van der Waals surface area contributed by atoms with Crippen LogP contribution in [0, 0.1) is 0 Å². The molecule has 0 amide bonds. The lowest BCUT2D eigenvalue weighted by Crippen LogP contribution is -2.30. The van der Waals surface area contributed by atoms with E-state index in [1.54, 1.807) is 0 Å². The van der Waals surface area contributed by atoms with Crippen molar-refractivity contribution in [2.45, 2.75) is 38.2 Å². The van der Waals surface area contributed by atoms with E-state index >= 15 is 0 Å². The smallest absolute Gasteiger partial charge is 0.0636 e. The second kappa shape index (κ2) is 5.46. The molecule has 0 heterocycles. The van der Waals surface area contributed by atoms with E-state index in [2.05, 4.69) is 29.6 Å². The zero-order valence-corrected chi connectivity index (χ0v) is 9.95. The molecule has 0 aliphatic heterocycles. The van der Waals surface area contributed by atoms with Crippen molar-refractivity contribution in [3.63, 3.8) is 0 Å². The number of aliphatic hydroxyl groups excluding tert-OH is 1. The van der Waals surface area contributed by atoms with Gasteiger partial charge in [0.05, 0.1) is 6.10 Å². The van der Waals surface area contributed by atoms with Gasteiger partial charge in [-0.3, -0.25) is 0 Å². The highest BCUT2D eigenvalue weighted by Gasteiger charge is 2.19. The lowest BCUT2D eigenvalue weighted by Gasteiger charge is -2.26. The van der Waals surface area contributed by atoms with Gasteiger partial charge in [-0.1, -0.05) is 24.3 Å². The van der Waals surface area contributed by atoms with Crippen molar-refractivity contribution in [2.24, 2.45) is 0 Å². The van der Waals surface area contributed by atoms with Crippen molar-refractivity contribution < 1.29 is 5.11 Å². The lowest BCUT2D eigenvalue weighted by molar-refractivity contribution is 0.190. The first-order valence-corrected chi connectivity index (χ1v) is 6.24. The predicted molar refractivity (Wildman–Crippen MR) is 66.7 cm³/mol. The largest absolute Gasteiger partial charge is 0.392 e. The number of hydrogen-bond donors (Lipinski definition) is 2. The summed E-state index contributed by atoms with van der Waals surface area (Å²) in [5, 5.41) is 12.6. The summed E-state index contributed by atoms with van der Waals surface area (Å²) in [5.41, 5.74) is 3.02. The fourth-order valence-corrected chi connectivity index (χ4v) is 2.53. The van der Waals surface area contributed by atoms with Crippen LogP contribution in [-0.2, 0) is 6.42 Å². The Labute approximate surface area is 97.7 Å². The van der Waals surface area contributed by atoms with Gasteiger partial charge in [0, 0.05) is 13.1 Å². The summed E-state index contributed by atoms with van der Waals surface area (Å²) in [6, 6.07) is 8.76. The molecule has 88 valence electrons. The molecule has 0 radical (unpaired) electrons. The van der Waals surface area contributed by atoms with Gasteiger partial charge in [0.15, 0.2) is 0 Å². The summed E-state index contributed by atoms with van der Waals surface area (Å²) in [6.07, 6.45) is 3.53. The van der Waals surface area contributed by atoms with Crippen molar-refractivity contribution in [2.75, 3.05) is 13.1 Å². The predicted octanol–water partition coefficient (Wildman–Crippen LogP) is 2.08. The summed E-state index contributed by atoms with van der Waals surface area (Å²) in [5.74, 6) is 0.628. The first-order chi connectivity index (χ1) is 7.77. The first kappa shape index (κ1) is 11.6. The number of nitrogens with one attached hydrogen (secondary N) is 1. The van der Waals surface area contributed by atoms with Crippen molar-refractivity contribution in [3.8, 4) is 0 Å². The van der Waals surface area contributed by atoms with Crippen LogP contribution in [0.3, 0.4) is 0 Å². The number of benzene rings is 1. The molecule has 2 atom stereocenters. The van der Waals surface area contributed by atoms with Crippen molar-refractivity contribution in [1.29, 1.82) is 0 Å². The second-order valence-electron chi connectivity index (χ2n) is 4.80. The van der Waals surface area contributed by atoms with Crippen molar-refractivity contribution >= 4 is 0 Å². The molecule has 2 rings (SSSR count). The molecular formula is C14H21NO. The quantitative estimate of drug-likeness (QED) is 0.812. The van der Waals surface area contributed by atoms with Gasteiger partial charge in [-0.2, -0.15) is 0 Å². The molecule has 0 spiro atoms. The van der Waals surface area contributed by atoms with E-state index in [0.717, 1.165) is 6.54 Å². The molecule has 0 bridgehead atoms. The third-order valence-corrected chi connectivity index (χ3v) is 3.32. The maximum atomic E-state index is 9.21. The van der Waals surface area contributed by atoms with Crippen LogP contribution in [0.25, 0.3) is 0 Å². The third kappa shape index (κ3) is 2.83. The Kier molecular flexibility index (Phi) is 3.97. The van der Waals surface area contributed by atoms with Gasteiger partial charge in [0.1, 0.15) is 0 Å². The molecule has 0 fully saturated rings. The highest BCUT2D eigenvalue weighted by Crippen LogP contribution is 2.30. The van der Waals surface area contributed by atoms with Gasteiger partial charge < -0.3 is 10.4 Å². The van der Waals surface area contributed by atoms with Gasteiger partial charge in [0.2, 0.25) is 0 Å². The number of hydrogen-bond acceptors (Lipinski definition) is 2. The van der Waals surface area contributed by atoms with Crippen LogP contribution in [0.1, 0.15) is 36.8 Å². The van der Waals surface area contributed by atoms with Crippen LogP contribution in [0.2, 0.25) is 0 Å². The Balaban J connectivity index is 1.96. The molecule has 0 saturated heterocycles. The van der Waals surface area contributed by atoms with Crippen LogP contribution in [0.5, 0.6) is 0 Å². The molecule has 1 aromatic carbocycles. The van der Waals surface area contributed by atoms with Crippen molar-refractivity contribution in [1.82, 2.24) is 5.32 Å². The molecular weight excluding hydrogens is 198 g/mol. The minimum atomic E-state index is -0.251. The zero-order chi connectivity index (χ0) is 11.4. The Morgan fingerprint density at radius 3 is 3.06 bits per heavy atom. The molecule has 2 heteroatoms. The SMILES string of the molecule is CC(O)CNCC1CCCc2ccccc21. The summed E-state index contributed by atoms with van der Waals surface area (Å²) in [4.78, 5) is 0. The molecule has 1 aliphatic carbocycles. The minimum absolute atomic E-state index is 0.251. The van der Waals surface area contributed by atoms with Gasteiger partial charge in [0.25, 0.3) is 0 Å². The summed E-state index contributed by atoms with van der Waals surface area (Å²) in [7, 11) is 0. The van der Waals surface area contributed by atoms with E-state index in [1.165, 1.54) is 30.4 Å².